The van der Waals surface area contributed by atoms with Crippen LogP contribution in [0.5, 0.6) is 0 Å². The number of aliphatic hydroxyl groups excluding tert-OH is 1. The molecule has 2 rings (SSSR count). The van der Waals surface area contributed by atoms with Crippen molar-refractivity contribution in [3.63, 3.8) is 0 Å². The Labute approximate surface area is 157 Å². The van der Waals surface area contributed by atoms with E-state index in [0.717, 1.165) is 17.1 Å². The summed E-state index contributed by atoms with van der Waals surface area (Å²) in [5.41, 5.74) is 1.08. The molecule has 1 aromatic rings. The molecule has 142 valence electrons. The highest BCUT2D eigenvalue weighted by molar-refractivity contribution is 6.30. The van der Waals surface area contributed by atoms with Crippen molar-refractivity contribution in [2.24, 2.45) is 0 Å². The Hall–Kier alpha value is -0.650. The monoisotopic (exact) mass is 370 g/mol. The van der Waals surface area contributed by atoms with E-state index >= 15 is 0 Å². The summed E-state index contributed by atoms with van der Waals surface area (Å²) in [6.45, 7) is 8.14. The Balaban J connectivity index is 1.51. The van der Waals surface area contributed by atoms with Gasteiger partial charge in [0.1, 0.15) is 12.6 Å². The van der Waals surface area contributed by atoms with E-state index in [1.807, 2.05) is 31.2 Å². The van der Waals surface area contributed by atoms with Crippen LogP contribution in [-0.4, -0.2) is 50.5 Å². The van der Waals surface area contributed by atoms with Gasteiger partial charge in [-0.2, -0.15) is 0 Å². The molecule has 5 heteroatoms. The molecule has 4 nitrogen and oxygen atoms in total. The second kappa shape index (κ2) is 11.9. The fourth-order valence-electron chi connectivity index (χ4n) is 3.44. The topological polar surface area (TPSA) is 50.5 Å². The quantitative estimate of drug-likeness (QED) is 0.542. The lowest BCUT2D eigenvalue weighted by molar-refractivity contribution is -0.900. The van der Waals surface area contributed by atoms with Gasteiger partial charge in [0.2, 0.25) is 0 Å². The first-order valence-corrected chi connectivity index (χ1v) is 10.2. The van der Waals surface area contributed by atoms with Crippen molar-refractivity contribution in [2.75, 3.05) is 39.3 Å². The normalized spacial score (nSPS) is 18.7. The zero-order valence-electron chi connectivity index (χ0n) is 15.6. The third-order valence-corrected chi connectivity index (χ3v) is 5.32. The van der Waals surface area contributed by atoms with Gasteiger partial charge in [0.15, 0.2) is 0 Å². The van der Waals surface area contributed by atoms with E-state index in [2.05, 4.69) is 5.32 Å². The molecule has 2 atom stereocenters. The van der Waals surface area contributed by atoms with Crippen molar-refractivity contribution in [3.8, 4) is 0 Å². The number of benzene rings is 1. The number of rotatable bonds is 10. The number of hydrogen-bond acceptors (Lipinski definition) is 2. The molecule has 1 fully saturated rings. The maximum absolute atomic E-state index is 10.1. The summed E-state index contributed by atoms with van der Waals surface area (Å²) in [6.07, 6.45) is 6.39. The maximum atomic E-state index is 10.1. The summed E-state index contributed by atoms with van der Waals surface area (Å²) in [7, 11) is 0. The number of nitrogens with one attached hydrogen (secondary N) is 1. The summed E-state index contributed by atoms with van der Waals surface area (Å²) in [6, 6.07) is 7.67. The van der Waals surface area contributed by atoms with E-state index < -0.39 is 6.10 Å². The molecule has 1 aromatic carbocycles. The molecule has 1 aliphatic rings. The van der Waals surface area contributed by atoms with Gasteiger partial charge in [0.05, 0.1) is 38.9 Å². The maximum Gasteiger partial charge on any atom is 0.126 e. The number of halogens is 1. The molecule has 1 heterocycles. The number of ether oxygens (including phenoxy) is 1. The van der Waals surface area contributed by atoms with Gasteiger partial charge in [-0.15, -0.1) is 0 Å². The van der Waals surface area contributed by atoms with Crippen LogP contribution in [0.25, 0.3) is 0 Å². The van der Waals surface area contributed by atoms with Gasteiger partial charge in [-0.1, -0.05) is 23.7 Å². The van der Waals surface area contributed by atoms with Crippen molar-refractivity contribution in [1.82, 2.24) is 0 Å². The van der Waals surface area contributed by atoms with Gasteiger partial charge in [-0.25, -0.2) is 0 Å². The van der Waals surface area contributed by atoms with Crippen LogP contribution >= 0.6 is 11.6 Å². The van der Waals surface area contributed by atoms with Crippen molar-refractivity contribution in [3.05, 3.63) is 34.9 Å². The number of quaternary nitrogens is 2. The second-order valence-corrected chi connectivity index (χ2v) is 7.70. The van der Waals surface area contributed by atoms with Gasteiger partial charge in [-0.05, 0) is 50.3 Å². The molecular weight excluding hydrogens is 336 g/mol. The van der Waals surface area contributed by atoms with Crippen LogP contribution < -0.4 is 10.2 Å². The number of nitrogens with two attached hydrogens (primary N) is 1. The fourth-order valence-corrected chi connectivity index (χ4v) is 3.56. The Morgan fingerprint density at radius 3 is 2.52 bits per heavy atom. The van der Waals surface area contributed by atoms with Crippen LogP contribution in [-0.2, 0) is 4.74 Å². The van der Waals surface area contributed by atoms with E-state index in [-0.39, 0.29) is 6.10 Å². The van der Waals surface area contributed by atoms with Crippen molar-refractivity contribution in [1.29, 1.82) is 0 Å². The number of hydrogen-bond donors (Lipinski definition) is 3. The van der Waals surface area contributed by atoms with Crippen LogP contribution in [0.15, 0.2) is 24.3 Å². The number of aliphatic hydroxyl groups is 1. The Bertz CT molecular complexity index is 461. The Kier molecular flexibility index (Phi) is 9.81. The lowest BCUT2D eigenvalue weighted by Gasteiger charge is -2.17. The number of likely N-dealkylation sites (tertiary alicyclic amines) is 1. The summed E-state index contributed by atoms with van der Waals surface area (Å²) >= 11 is 5.90. The van der Waals surface area contributed by atoms with Crippen LogP contribution in [0.2, 0.25) is 5.02 Å². The highest BCUT2D eigenvalue weighted by Gasteiger charge is 2.13. The molecule has 0 radical (unpaired) electrons. The van der Waals surface area contributed by atoms with E-state index in [0.29, 0.717) is 13.2 Å². The van der Waals surface area contributed by atoms with Crippen molar-refractivity contribution < 1.29 is 20.1 Å². The molecule has 0 aliphatic carbocycles. The summed E-state index contributed by atoms with van der Waals surface area (Å²) in [4.78, 5) is 1.77. The van der Waals surface area contributed by atoms with Crippen molar-refractivity contribution >= 4 is 11.6 Å². The largest absolute Gasteiger partial charge is 0.385 e. The summed E-state index contributed by atoms with van der Waals surface area (Å²) in [5, 5.41) is 13.0. The first-order valence-electron chi connectivity index (χ1n) is 9.85. The minimum Gasteiger partial charge on any atom is -0.385 e. The molecule has 0 saturated carbocycles. The van der Waals surface area contributed by atoms with Gasteiger partial charge >= 0.3 is 0 Å². The average Bonchev–Trinajstić information content (AvgIpc) is 2.89. The highest BCUT2D eigenvalue weighted by atomic mass is 35.5. The minimum atomic E-state index is -0.416. The molecule has 0 bridgehead atoms. The van der Waals surface area contributed by atoms with Crippen LogP contribution in [0.1, 0.15) is 50.7 Å². The minimum absolute atomic E-state index is 0.0291. The molecular formula is C20H35ClN2O2+2. The van der Waals surface area contributed by atoms with Crippen LogP contribution in [0, 0.1) is 0 Å². The molecule has 0 spiro atoms. The third kappa shape index (κ3) is 8.52. The van der Waals surface area contributed by atoms with Gasteiger partial charge in [0, 0.05) is 11.4 Å². The SMILES string of the molecule is C[C@H](OC[C@@H](O)C[NH2+]CCC[NH+]1CCCCCC1)c1ccc(Cl)cc1. The van der Waals surface area contributed by atoms with Crippen molar-refractivity contribution in [2.45, 2.75) is 51.2 Å². The molecule has 0 amide bonds. The highest BCUT2D eigenvalue weighted by Crippen LogP contribution is 2.19. The molecule has 0 aromatic heterocycles. The molecule has 1 aliphatic heterocycles. The molecule has 4 N–H and O–H groups in total. The van der Waals surface area contributed by atoms with Gasteiger partial charge < -0.3 is 20.1 Å². The molecule has 1 saturated heterocycles. The lowest BCUT2D eigenvalue weighted by atomic mass is 10.1. The molecule has 0 unspecified atom stereocenters. The predicted octanol–water partition coefficient (Wildman–Crippen LogP) is 1.19. The second-order valence-electron chi connectivity index (χ2n) is 7.26. The van der Waals surface area contributed by atoms with E-state index in [4.69, 9.17) is 16.3 Å². The fraction of sp³-hybridized carbons (Fsp3) is 0.700. The zero-order valence-corrected chi connectivity index (χ0v) is 16.3. The molecule has 25 heavy (non-hydrogen) atoms. The standard InChI is InChI=1S/C20H33ClN2O2/c1-17(18-7-9-19(21)10-8-18)25-16-20(24)15-22-11-6-14-23-12-4-2-3-5-13-23/h7-10,17,20,22,24H,2-6,11-16H2,1H3/p+2/t17-,20-/m0/s1. The van der Waals surface area contributed by atoms with E-state index in [1.54, 1.807) is 4.90 Å². The first-order chi connectivity index (χ1) is 12.1. The predicted molar refractivity (Wildman–Crippen MR) is 102 cm³/mol. The zero-order chi connectivity index (χ0) is 17.9. The van der Waals surface area contributed by atoms with Gasteiger partial charge in [-0.3, -0.25) is 0 Å². The van der Waals surface area contributed by atoms with Gasteiger partial charge in [0.25, 0.3) is 0 Å². The third-order valence-electron chi connectivity index (χ3n) is 5.07. The Morgan fingerprint density at radius 2 is 1.84 bits per heavy atom. The van der Waals surface area contributed by atoms with E-state index in [9.17, 15) is 5.11 Å². The van der Waals surface area contributed by atoms with Crippen LogP contribution in [0.4, 0.5) is 0 Å². The summed E-state index contributed by atoms with van der Waals surface area (Å²) in [5.74, 6) is 0. The Morgan fingerprint density at radius 1 is 1.16 bits per heavy atom. The lowest BCUT2D eigenvalue weighted by Crippen LogP contribution is -3.12. The average molecular weight is 371 g/mol. The van der Waals surface area contributed by atoms with Crippen LogP contribution in [0.3, 0.4) is 0 Å². The smallest absolute Gasteiger partial charge is 0.126 e. The van der Waals surface area contributed by atoms with E-state index in [1.165, 1.54) is 51.7 Å². The first kappa shape index (κ1) is 20.7. The summed E-state index contributed by atoms with van der Waals surface area (Å²) < 4.78 is 5.78.